The fourth-order valence-electron chi connectivity index (χ4n) is 1.91. The van der Waals surface area contributed by atoms with E-state index in [-0.39, 0.29) is 0 Å². The molecule has 5 nitrogen and oxygen atoms in total. The highest BCUT2D eigenvalue weighted by atomic mass is 35.5. The van der Waals surface area contributed by atoms with Crippen molar-refractivity contribution in [2.75, 3.05) is 11.5 Å². The Morgan fingerprint density at radius 3 is 2.89 bits per heavy atom. The SMILES string of the molecule is Nc1nccc(-c2cc(Cl)c3[nH]ncc3c2)c1N. The smallest absolute Gasteiger partial charge is 0.147 e. The standard InChI is InChI=1S/C12H10ClN5/c13-9-4-6(3-7-5-17-18-11(7)9)8-1-2-16-12(15)10(8)14/h1-5H,14H2,(H2,15,16)(H,17,18). The molecule has 3 rings (SSSR count). The van der Waals surface area contributed by atoms with Gasteiger partial charge in [-0.15, -0.1) is 0 Å². The molecule has 0 saturated carbocycles. The summed E-state index contributed by atoms with van der Waals surface area (Å²) in [6, 6.07) is 5.59. The number of rotatable bonds is 1. The van der Waals surface area contributed by atoms with Crippen molar-refractivity contribution >= 4 is 34.0 Å². The first kappa shape index (κ1) is 10.9. The average Bonchev–Trinajstić information content (AvgIpc) is 2.81. The van der Waals surface area contributed by atoms with Crippen molar-refractivity contribution in [3.05, 3.63) is 35.6 Å². The van der Waals surface area contributed by atoms with Crippen LogP contribution in [0.25, 0.3) is 22.0 Å². The van der Waals surface area contributed by atoms with E-state index >= 15 is 0 Å². The maximum Gasteiger partial charge on any atom is 0.147 e. The summed E-state index contributed by atoms with van der Waals surface area (Å²) in [7, 11) is 0. The van der Waals surface area contributed by atoms with Gasteiger partial charge in [-0.05, 0) is 23.8 Å². The summed E-state index contributed by atoms with van der Waals surface area (Å²) in [4.78, 5) is 3.94. The van der Waals surface area contributed by atoms with Gasteiger partial charge in [0.05, 0.1) is 22.4 Å². The van der Waals surface area contributed by atoms with Crippen LogP contribution in [0.3, 0.4) is 0 Å². The Balaban J connectivity index is 2.28. The molecule has 0 unspecified atom stereocenters. The van der Waals surface area contributed by atoms with E-state index in [9.17, 15) is 0 Å². The Morgan fingerprint density at radius 2 is 2.06 bits per heavy atom. The number of nitrogens with two attached hydrogens (primary N) is 2. The number of H-pyrrole nitrogens is 1. The number of benzene rings is 1. The number of aromatic nitrogens is 3. The molecule has 0 aliphatic carbocycles. The molecule has 6 heteroatoms. The fourth-order valence-corrected chi connectivity index (χ4v) is 2.18. The van der Waals surface area contributed by atoms with Gasteiger partial charge in [-0.25, -0.2) is 4.98 Å². The van der Waals surface area contributed by atoms with Gasteiger partial charge in [0.2, 0.25) is 0 Å². The summed E-state index contributed by atoms with van der Waals surface area (Å²) in [5, 5.41) is 8.32. The fraction of sp³-hybridized carbons (Fsp3) is 0. The molecule has 0 spiro atoms. The van der Waals surface area contributed by atoms with Gasteiger partial charge in [0.1, 0.15) is 5.82 Å². The lowest BCUT2D eigenvalue weighted by molar-refractivity contribution is 1.12. The summed E-state index contributed by atoms with van der Waals surface area (Å²) >= 11 is 6.19. The summed E-state index contributed by atoms with van der Waals surface area (Å²) in [6.07, 6.45) is 3.33. The van der Waals surface area contributed by atoms with Crippen molar-refractivity contribution in [2.24, 2.45) is 0 Å². The van der Waals surface area contributed by atoms with Crippen LogP contribution in [0, 0.1) is 0 Å². The first-order valence-corrected chi connectivity index (χ1v) is 5.67. The topological polar surface area (TPSA) is 93.6 Å². The van der Waals surface area contributed by atoms with Crippen LogP contribution >= 0.6 is 11.6 Å². The van der Waals surface area contributed by atoms with Gasteiger partial charge in [-0.3, -0.25) is 5.10 Å². The van der Waals surface area contributed by atoms with E-state index < -0.39 is 0 Å². The van der Waals surface area contributed by atoms with Gasteiger partial charge in [0.25, 0.3) is 0 Å². The van der Waals surface area contributed by atoms with E-state index in [2.05, 4.69) is 15.2 Å². The Kier molecular flexibility index (Phi) is 2.34. The molecular weight excluding hydrogens is 250 g/mol. The van der Waals surface area contributed by atoms with Crippen LogP contribution in [0.2, 0.25) is 5.02 Å². The number of halogens is 1. The van der Waals surface area contributed by atoms with Gasteiger partial charge < -0.3 is 11.5 Å². The molecule has 18 heavy (non-hydrogen) atoms. The zero-order valence-electron chi connectivity index (χ0n) is 9.31. The minimum absolute atomic E-state index is 0.316. The number of nitrogens with zero attached hydrogens (tertiary/aromatic N) is 2. The first-order chi connectivity index (χ1) is 8.66. The van der Waals surface area contributed by atoms with Crippen LogP contribution < -0.4 is 11.5 Å². The molecular formula is C12H10ClN5. The summed E-state index contributed by atoms with van der Waals surface area (Å²) < 4.78 is 0. The molecule has 0 saturated heterocycles. The van der Waals surface area contributed by atoms with Crippen LogP contribution in [0.4, 0.5) is 11.5 Å². The lowest BCUT2D eigenvalue weighted by atomic mass is 10.0. The van der Waals surface area contributed by atoms with Gasteiger partial charge in [-0.2, -0.15) is 5.10 Å². The minimum Gasteiger partial charge on any atom is -0.395 e. The predicted molar refractivity (Wildman–Crippen MR) is 73.2 cm³/mol. The van der Waals surface area contributed by atoms with Gasteiger partial charge in [0, 0.05) is 17.1 Å². The molecule has 0 radical (unpaired) electrons. The number of nitrogen functional groups attached to an aromatic ring is 2. The average molecular weight is 260 g/mol. The maximum atomic E-state index is 6.19. The maximum absolute atomic E-state index is 6.19. The normalized spacial score (nSPS) is 10.9. The van der Waals surface area contributed by atoms with Crippen molar-refractivity contribution in [3.63, 3.8) is 0 Å². The van der Waals surface area contributed by atoms with Crippen LogP contribution in [0.5, 0.6) is 0 Å². The predicted octanol–water partition coefficient (Wildman–Crippen LogP) is 2.44. The second-order valence-electron chi connectivity index (χ2n) is 3.95. The monoisotopic (exact) mass is 259 g/mol. The molecule has 90 valence electrons. The number of nitrogens with one attached hydrogen (secondary N) is 1. The molecule has 1 aromatic carbocycles. The van der Waals surface area contributed by atoms with Crippen LogP contribution in [-0.4, -0.2) is 15.2 Å². The summed E-state index contributed by atoms with van der Waals surface area (Å²) in [5.74, 6) is 0.316. The molecule has 0 aliphatic rings. The van der Waals surface area contributed by atoms with E-state index in [1.807, 2.05) is 18.2 Å². The van der Waals surface area contributed by atoms with Crippen LogP contribution in [0.1, 0.15) is 0 Å². The zero-order valence-corrected chi connectivity index (χ0v) is 10.1. The Bertz CT molecular complexity index is 734. The largest absolute Gasteiger partial charge is 0.395 e. The van der Waals surface area contributed by atoms with Crippen molar-refractivity contribution in [3.8, 4) is 11.1 Å². The highest BCUT2D eigenvalue weighted by Gasteiger charge is 2.10. The lowest BCUT2D eigenvalue weighted by Crippen LogP contribution is -1.99. The minimum atomic E-state index is 0.316. The molecule has 0 fully saturated rings. The van der Waals surface area contributed by atoms with Gasteiger partial charge in [-0.1, -0.05) is 11.6 Å². The molecule has 0 atom stereocenters. The number of hydrogen-bond acceptors (Lipinski definition) is 4. The lowest BCUT2D eigenvalue weighted by Gasteiger charge is -2.08. The second kappa shape index (κ2) is 3.89. The summed E-state index contributed by atoms with van der Waals surface area (Å²) in [5.41, 5.74) is 14.6. The molecule has 2 aromatic heterocycles. The molecule has 0 aliphatic heterocycles. The number of fused-ring (bicyclic) bond motifs is 1. The van der Waals surface area contributed by atoms with Gasteiger partial charge >= 0.3 is 0 Å². The highest BCUT2D eigenvalue weighted by Crippen LogP contribution is 2.33. The van der Waals surface area contributed by atoms with E-state index in [0.717, 1.165) is 22.0 Å². The number of anilines is 2. The van der Waals surface area contributed by atoms with E-state index in [1.54, 1.807) is 12.4 Å². The van der Waals surface area contributed by atoms with Crippen molar-refractivity contribution in [1.82, 2.24) is 15.2 Å². The highest BCUT2D eigenvalue weighted by molar-refractivity contribution is 6.35. The third-order valence-corrected chi connectivity index (χ3v) is 3.13. The van der Waals surface area contributed by atoms with E-state index in [4.69, 9.17) is 23.1 Å². The quantitative estimate of drug-likeness (QED) is 0.626. The van der Waals surface area contributed by atoms with Gasteiger partial charge in [0.15, 0.2) is 0 Å². The third kappa shape index (κ3) is 1.56. The first-order valence-electron chi connectivity index (χ1n) is 5.30. The molecule has 0 amide bonds. The number of aromatic amines is 1. The Labute approximate surface area is 108 Å². The van der Waals surface area contributed by atoms with E-state index in [1.165, 1.54) is 0 Å². The summed E-state index contributed by atoms with van der Waals surface area (Å²) in [6.45, 7) is 0. The molecule has 3 aromatic rings. The van der Waals surface area contributed by atoms with Crippen molar-refractivity contribution in [2.45, 2.75) is 0 Å². The Hall–Kier alpha value is -2.27. The Morgan fingerprint density at radius 1 is 1.22 bits per heavy atom. The molecule has 2 heterocycles. The number of hydrogen-bond donors (Lipinski definition) is 3. The zero-order chi connectivity index (χ0) is 12.7. The third-order valence-electron chi connectivity index (χ3n) is 2.83. The molecule has 5 N–H and O–H groups in total. The van der Waals surface area contributed by atoms with Crippen LogP contribution in [0.15, 0.2) is 30.6 Å². The van der Waals surface area contributed by atoms with Crippen LogP contribution in [-0.2, 0) is 0 Å². The second-order valence-corrected chi connectivity index (χ2v) is 4.36. The van der Waals surface area contributed by atoms with Crippen molar-refractivity contribution in [1.29, 1.82) is 0 Å². The van der Waals surface area contributed by atoms with E-state index in [0.29, 0.717) is 16.5 Å². The number of pyridine rings is 1. The van der Waals surface area contributed by atoms with Crippen molar-refractivity contribution < 1.29 is 0 Å². The molecule has 0 bridgehead atoms.